The van der Waals surface area contributed by atoms with Gasteiger partial charge in [0.05, 0.1) is 12.2 Å². The molecule has 0 spiro atoms. The number of hydrogen-bond donors (Lipinski definition) is 0. The van der Waals surface area contributed by atoms with Crippen molar-refractivity contribution in [1.29, 1.82) is 0 Å². The second-order valence-electron chi connectivity index (χ2n) is 6.41. The molecule has 0 aliphatic carbocycles. The summed E-state index contributed by atoms with van der Waals surface area (Å²) in [7, 11) is 1.62. The lowest BCUT2D eigenvalue weighted by atomic mass is 10.0. The van der Waals surface area contributed by atoms with Gasteiger partial charge in [0.25, 0.3) is 0 Å². The zero-order valence-electron chi connectivity index (χ0n) is 16.2. The Kier molecular flexibility index (Phi) is 6.82. The Balaban J connectivity index is 1.73. The molecule has 0 bridgehead atoms. The number of Topliss-reactive ketones (excluding diaryl/α,β-unsaturated/α-hetero) is 1. The van der Waals surface area contributed by atoms with Crippen LogP contribution in [0.2, 0.25) is 0 Å². The molecule has 4 nitrogen and oxygen atoms in total. The maximum atomic E-state index is 11.9. The Bertz CT molecular complexity index is 902. The summed E-state index contributed by atoms with van der Waals surface area (Å²) in [4.78, 5) is 11.9. The predicted molar refractivity (Wildman–Crippen MR) is 110 cm³/mol. The monoisotopic (exact) mass is 376 g/mol. The molecule has 0 atom stereocenters. The third kappa shape index (κ3) is 5.21. The quantitative estimate of drug-likeness (QED) is 0.382. The number of carbonyl (C=O) groups excluding carboxylic acids is 1. The molecule has 0 aromatic heterocycles. The number of carbonyl (C=O) groups is 1. The van der Waals surface area contributed by atoms with Crippen molar-refractivity contribution in [3.05, 3.63) is 83.9 Å². The van der Waals surface area contributed by atoms with Crippen LogP contribution in [0.5, 0.6) is 11.5 Å². The van der Waals surface area contributed by atoms with E-state index in [1.165, 1.54) is 6.92 Å². The third-order valence-corrected chi connectivity index (χ3v) is 4.34. The average Bonchev–Trinajstić information content (AvgIpc) is 2.73. The number of ketones is 1. The molecule has 3 aromatic carbocycles. The summed E-state index contributed by atoms with van der Waals surface area (Å²) in [6.07, 6.45) is 0. The normalized spacial score (nSPS) is 10.5. The fraction of sp³-hybridized carbons (Fsp3) is 0.208. The van der Waals surface area contributed by atoms with Crippen LogP contribution in [0.25, 0.3) is 11.1 Å². The van der Waals surface area contributed by atoms with Crippen LogP contribution in [-0.4, -0.2) is 26.1 Å². The van der Waals surface area contributed by atoms with Gasteiger partial charge in [-0.05, 0) is 47.9 Å². The van der Waals surface area contributed by atoms with Gasteiger partial charge in [-0.15, -0.1) is 0 Å². The molecular weight excluding hydrogens is 352 g/mol. The smallest absolute Gasteiger partial charge is 0.163 e. The fourth-order valence-electron chi connectivity index (χ4n) is 2.83. The zero-order chi connectivity index (χ0) is 19.8. The molecule has 0 fully saturated rings. The molecule has 0 aliphatic rings. The molecule has 28 heavy (non-hydrogen) atoms. The van der Waals surface area contributed by atoms with Crippen molar-refractivity contribution < 1.29 is 19.0 Å². The molecule has 0 radical (unpaired) electrons. The van der Waals surface area contributed by atoms with Gasteiger partial charge in [-0.1, -0.05) is 48.5 Å². The van der Waals surface area contributed by atoms with Crippen LogP contribution in [0, 0.1) is 0 Å². The number of benzene rings is 3. The number of ether oxygens (including phenoxy) is 3. The van der Waals surface area contributed by atoms with Gasteiger partial charge in [0.1, 0.15) is 24.7 Å². The van der Waals surface area contributed by atoms with Crippen molar-refractivity contribution in [3.8, 4) is 22.6 Å². The van der Waals surface area contributed by atoms with Crippen molar-refractivity contribution in [2.24, 2.45) is 0 Å². The highest BCUT2D eigenvalue weighted by atomic mass is 16.5. The molecule has 0 unspecified atom stereocenters. The average molecular weight is 376 g/mol. The Morgan fingerprint density at radius 1 is 0.821 bits per heavy atom. The SMILES string of the molecule is COCCOc1cc(-c2ccc(OCc3ccccc3)cc2)ccc1C(C)=O. The van der Waals surface area contributed by atoms with E-state index in [0.717, 1.165) is 22.4 Å². The Labute approximate surface area is 165 Å². The van der Waals surface area contributed by atoms with Gasteiger partial charge in [-0.3, -0.25) is 4.79 Å². The highest BCUT2D eigenvalue weighted by molar-refractivity contribution is 5.97. The zero-order valence-corrected chi connectivity index (χ0v) is 16.2. The van der Waals surface area contributed by atoms with Crippen LogP contribution in [-0.2, 0) is 11.3 Å². The third-order valence-electron chi connectivity index (χ3n) is 4.34. The van der Waals surface area contributed by atoms with Crippen molar-refractivity contribution in [1.82, 2.24) is 0 Å². The van der Waals surface area contributed by atoms with Crippen molar-refractivity contribution >= 4 is 5.78 Å². The van der Waals surface area contributed by atoms with E-state index in [0.29, 0.717) is 31.1 Å². The first kappa shape index (κ1) is 19.6. The largest absolute Gasteiger partial charge is 0.490 e. The molecule has 3 aromatic rings. The molecule has 144 valence electrons. The molecule has 0 N–H and O–H groups in total. The van der Waals surface area contributed by atoms with E-state index in [1.807, 2.05) is 66.7 Å². The standard InChI is InChI=1S/C24H24O4/c1-18(25)23-13-10-21(16-24(23)27-15-14-26-2)20-8-11-22(12-9-20)28-17-19-6-4-3-5-7-19/h3-13,16H,14-15,17H2,1-2H3. The van der Waals surface area contributed by atoms with Gasteiger partial charge in [0.15, 0.2) is 5.78 Å². The lowest BCUT2D eigenvalue weighted by molar-refractivity contribution is 0.100. The van der Waals surface area contributed by atoms with E-state index < -0.39 is 0 Å². The van der Waals surface area contributed by atoms with E-state index in [2.05, 4.69) is 0 Å². The molecule has 0 saturated heterocycles. The van der Waals surface area contributed by atoms with Gasteiger partial charge in [0, 0.05) is 7.11 Å². The van der Waals surface area contributed by atoms with E-state index in [-0.39, 0.29) is 5.78 Å². The first-order valence-electron chi connectivity index (χ1n) is 9.21. The number of methoxy groups -OCH3 is 1. The van der Waals surface area contributed by atoms with Crippen molar-refractivity contribution in [3.63, 3.8) is 0 Å². The van der Waals surface area contributed by atoms with Gasteiger partial charge in [-0.2, -0.15) is 0 Å². The lowest BCUT2D eigenvalue weighted by Gasteiger charge is -2.12. The second kappa shape index (κ2) is 9.72. The molecule has 0 aliphatic heterocycles. The van der Waals surface area contributed by atoms with Crippen LogP contribution in [0.15, 0.2) is 72.8 Å². The van der Waals surface area contributed by atoms with Gasteiger partial charge >= 0.3 is 0 Å². The minimum atomic E-state index is -0.0244. The van der Waals surface area contributed by atoms with Gasteiger partial charge in [-0.25, -0.2) is 0 Å². The van der Waals surface area contributed by atoms with E-state index >= 15 is 0 Å². The Morgan fingerprint density at radius 3 is 2.21 bits per heavy atom. The van der Waals surface area contributed by atoms with E-state index in [1.54, 1.807) is 13.2 Å². The maximum absolute atomic E-state index is 11.9. The highest BCUT2D eigenvalue weighted by Gasteiger charge is 2.11. The summed E-state index contributed by atoms with van der Waals surface area (Å²) >= 11 is 0. The lowest BCUT2D eigenvalue weighted by Crippen LogP contribution is -2.07. The van der Waals surface area contributed by atoms with Crippen molar-refractivity contribution in [2.45, 2.75) is 13.5 Å². The van der Waals surface area contributed by atoms with E-state index in [4.69, 9.17) is 14.2 Å². The van der Waals surface area contributed by atoms with Crippen LogP contribution >= 0.6 is 0 Å². The summed E-state index contributed by atoms with van der Waals surface area (Å²) in [6.45, 7) is 2.93. The molecule has 0 heterocycles. The summed E-state index contributed by atoms with van der Waals surface area (Å²) in [5, 5.41) is 0. The molecule has 3 rings (SSSR count). The maximum Gasteiger partial charge on any atom is 0.163 e. The van der Waals surface area contributed by atoms with Crippen molar-refractivity contribution in [2.75, 3.05) is 20.3 Å². The molecule has 4 heteroatoms. The fourth-order valence-corrected chi connectivity index (χ4v) is 2.83. The Morgan fingerprint density at radius 2 is 1.54 bits per heavy atom. The summed E-state index contributed by atoms with van der Waals surface area (Å²) in [5.74, 6) is 1.36. The van der Waals surface area contributed by atoms with Crippen LogP contribution < -0.4 is 9.47 Å². The van der Waals surface area contributed by atoms with Gasteiger partial charge in [0.2, 0.25) is 0 Å². The first-order chi connectivity index (χ1) is 13.7. The second-order valence-corrected chi connectivity index (χ2v) is 6.41. The topological polar surface area (TPSA) is 44.8 Å². The first-order valence-corrected chi connectivity index (χ1v) is 9.21. The highest BCUT2D eigenvalue weighted by Crippen LogP contribution is 2.29. The van der Waals surface area contributed by atoms with E-state index in [9.17, 15) is 4.79 Å². The minimum Gasteiger partial charge on any atom is -0.490 e. The van der Waals surface area contributed by atoms with Gasteiger partial charge < -0.3 is 14.2 Å². The molecular formula is C24H24O4. The molecule has 0 amide bonds. The summed E-state index contributed by atoms with van der Waals surface area (Å²) in [6, 6.07) is 23.6. The van der Waals surface area contributed by atoms with Crippen LogP contribution in [0.1, 0.15) is 22.8 Å². The van der Waals surface area contributed by atoms with Crippen LogP contribution in [0.3, 0.4) is 0 Å². The minimum absolute atomic E-state index is 0.0244. The summed E-state index contributed by atoms with van der Waals surface area (Å²) < 4.78 is 16.6. The number of hydrogen-bond acceptors (Lipinski definition) is 4. The predicted octanol–water partition coefficient (Wildman–Crippen LogP) is 5.16. The van der Waals surface area contributed by atoms with Crippen LogP contribution in [0.4, 0.5) is 0 Å². The number of rotatable bonds is 9. The summed E-state index contributed by atoms with van der Waals surface area (Å²) in [5.41, 5.74) is 3.71. The molecule has 0 saturated carbocycles. The Hall–Kier alpha value is -3.11.